The van der Waals surface area contributed by atoms with Gasteiger partial charge >= 0.3 is 5.97 Å². The molecule has 1 aromatic carbocycles. The maximum absolute atomic E-state index is 11.3. The Morgan fingerprint density at radius 1 is 1.29 bits per heavy atom. The van der Waals surface area contributed by atoms with E-state index in [1.54, 1.807) is 30.5 Å². The van der Waals surface area contributed by atoms with Gasteiger partial charge in [0.2, 0.25) is 5.95 Å². The molecule has 1 heterocycles. The number of rotatable bonds is 6. The van der Waals surface area contributed by atoms with Gasteiger partial charge in [0.25, 0.3) is 0 Å². The Labute approximate surface area is 122 Å². The summed E-state index contributed by atoms with van der Waals surface area (Å²) >= 11 is 0. The van der Waals surface area contributed by atoms with Crippen molar-refractivity contribution < 1.29 is 9.53 Å². The summed E-state index contributed by atoms with van der Waals surface area (Å²) in [6.07, 6.45) is 2.57. The summed E-state index contributed by atoms with van der Waals surface area (Å²) in [5, 5.41) is 14.0. The smallest absolute Gasteiger partial charge is 0.337 e. The van der Waals surface area contributed by atoms with Crippen LogP contribution in [0, 0.1) is 0 Å². The van der Waals surface area contributed by atoms with E-state index in [0.29, 0.717) is 17.3 Å². The molecular formula is C14H17N5O2. The predicted molar refractivity (Wildman–Crippen MR) is 79.7 cm³/mol. The summed E-state index contributed by atoms with van der Waals surface area (Å²) in [5.41, 5.74) is 1.25. The third-order valence-electron chi connectivity index (χ3n) is 2.68. The Kier molecular flexibility index (Phi) is 5.03. The van der Waals surface area contributed by atoms with Crippen LogP contribution in [-0.2, 0) is 4.74 Å². The molecule has 2 N–H and O–H groups in total. The van der Waals surface area contributed by atoms with Crippen molar-refractivity contribution in [2.24, 2.45) is 0 Å². The van der Waals surface area contributed by atoms with Crippen LogP contribution in [-0.4, -0.2) is 34.8 Å². The van der Waals surface area contributed by atoms with Crippen molar-refractivity contribution in [2.75, 3.05) is 24.3 Å². The molecule has 0 saturated heterocycles. The van der Waals surface area contributed by atoms with Crippen molar-refractivity contribution >= 4 is 23.4 Å². The highest BCUT2D eigenvalue weighted by atomic mass is 16.5. The molecule has 0 aliphatic carbocycles. The van der Waals surface area contributed by atoms with Crippen molar-refractivity contribution in [1.82, 2.24) is 15.2 Å². The number of aromatic nitrogens is 3. The summed E-state index contributed by atoms with van der Waals surface area (Å²) in [6, 6.07) is 6.84. The molecule has 21 heavy (non-hydrogen) atoms. The number of nitrogens with one attached hydrogen (secondary N) is 2. The molecule has 0 bridgehead atoms. The number of nitrogens with zero attached hydrogens (tertiary/aromatic N) is 3. The van der Waals surface area contributed by atoms with E-state index in [9.17, 15) is 4.79 Å². The summed E-state index contributed by atoms with van der Waals surface area (Å²) in [7, 11) is 1.35. The molecule has 0 aliphatic heterocycles. The molecule has 0 amide bonds. The van der Waals surface area contributed by atoms with Gasteiger partial charge in [0.1, 0.15) is 0 Å². The van der Waals surface area contributed by atoms with Crippen LogP contribution in [0.1, 0.15) is 23.7 Å². The molecule has 0 saturated carbocycles. The van der Waals surface area contributed by atoms with Crippen molar-refractivity contribution in [1.29, 1.82) is 0 Å². The normalized spacial score (nSPS) is 10.0. The van der Waals surface area contributed by atoms with Gasteiger partial charge in [-0.15, -0.1) is 5.10 Å². The minimum absolute atomic E-state index is 0.370. The molecule has 7 nitrogen and oxygen atoms in total. The van der Waals surface area contributed by atoms with Gasteiger partial charge in [-0.2, -0.15) is 10.1 Å². The number of benzene rings is 1. The molecule has 2 aromatic rings. The van der Waals surface area contributed by atoms with Gasteiger partial charge in [0, 0.05) is 12.2 Å². The number of carbonyl (C=O) groups excluding carboxylic acids is 1. The third-order valence-corrected chi connectivity index (χ3v) is 2.68. The number of esters is 1. The van der Waals surface area contributed by atoms with E-state index in [4.69, 9.17) is 0 Å². The van der Waals surface area contributed by atoms with E-state index in [1.807, 2.05) is 0 Å². The number of anilines is 3. The molecule has 0 spiro atoms. The maximum atomic E-state index is 11.3. The summed E-state index contributed by atoms with van der Waals surface area (Å²) in [5.74, 6) is 0.688. The second-order valence-electron chi connectivity index (χ2n) is 4.29. The van der Waals surface area contributed by atoms with Crippen molar-refractivity contribution in [3.63, 3.8) is 0 Å². The van der Waals surface area contributed by atoms with Crippen LogP contribution in [0.5, 0.6) is 0 Å². The van der Waals surface area contributed by atoms with Crippen LogP contribution in [0.3, 0.4) is 0 Å². The topological polar surface area (TPSA) is 89.0 Å². The Bertz CT molecular complexity index is 601. The predicted octanol–water partition coefficient (Wildman–Crippen LogP) is 2.22. The highest BCUT2D eigenvalue weighted by Gasteiger charge is 2.05. The lowest BCUT2D eigenvalue weighted by molar-refractivity contribution is 0.0601. The van der Waals surface area contributed by atoms with E-state index >= 15 is 0 Å². The Morgan fingerprint density at radius 2 is 2.05 bits per heavy atom. The number of carbonyl (C=O) groups is 1. The highest BCUT2D eigenvalue weighted by Crippen LogP contribution is 2.15. The molecule has 2 rings (SSSR count). The lowest BCUT2D eigenvalue weighted by Gasteiger charge is -2.07. The van der Waals surface area contributed by atoms with Crippen LogP contribution in [0.2, 0.25) is 0 Å². The molecular weight excluding hydrogens is 270 g/mol. The van der Waals surface area contributed by atoms with E-state index in [-0.39, 0.29) is 5.97 Å². The fraction of sp³-hybridized carbons (Fsp3) is 0.286. The first kappa shape index (κ1) is 14.7. The fourth-order valence-corrected chi connectivity index (χ4v) is 1.63. The van der Waals surface area contributed by atoms with Crippen molar-refractivity contribution in [2.45, 2.75) is 13.3 Å². The standard InChI is InChI=1S/C14H17N5O2/c1-3-8-15-12-9-16-19-14(18-12)17-11-6-4-10(5-7-11)13(20)21-2/h4-7,9H,3,8H2,1-2H3,(H2,15,17,18,19). The molecule has 0 aliphatic rings. The van der Waals surface area contributed by atoms with Crippen LogP contribution in [0.25, 0.3) is 0 Å². The molecule has 0 radical (unpaired) electrons. The number of hydrogen-bond donors (Lipinski definition) is 2. The minimum atomic E-state index is -0.370. The average Bonchev–Trinajstić information content (AvgIpc) is 2.53. The second-order valence-corrected chi connectivity index (χ2v) is 4.29. The summed E-state index contributed by atoms with van der Waals surface area (Å²) < 4.78 is 4.65. The van der Waals surface area contributed by atoms with Gasteiger partial charge in [0.15, 0.2) is 5.82 Å². The van der Waals surface area contributed by atoms with E-state index in [0.717, 1.165) is 18.7 Å². The SMILES string of the molecule is CCCNc1cnnc(Nc2ccc(C(=O)OC)cc2)n1. The van der Waals surface area contributed by atoms with Crippen LogP contribution in [0.4, 0.5) is 17.5 Å². The summed E-state index contributed by atoms with van der Waals surface area (Å²) in [6.45, 7) is 2.90. The van der Waals surface area contributed by atoms with E-state index in [1.165, 1.54) is 7.11 Å². The lowest BCUT2D eigenvalue weighted by Crippen LogP contribution is -2.06. The van der Waals surface area contributed by atoms with Gasteiger partial charge in [-0.25, -0.2) is 4.79 Å². The molecule has 0 unspecified atom stereocenters. The van der Waals surface area contributed by atoms with Gasteiger partial charge in [0.05, 0.1) is 18.9 Å². The zero-order valence-electron chi connectivity index (χ0n) is 12.0. The van der Waals surface area contributed by atoms with Gasteiger partial charge in [-0.3, -0.25) is 0 Å². The minimum Gasteiger partial charge on any atom is -0.465 e. The second kappa shape index (κ2) is 7.18. The third kappa shape index (κ3) is 4.13. The zero-order valence-corrected chi connectivity index (χ0v) is 12.0. The number of hydrogen-bond acceptors (Lipinski definition) is 7. The maximum Gasteiger partial charge on any atom is 0.337 e. The average molecular weight is 287 g/mol. The fourth-order valence-electron chi connectivity index (χ4n) is 1.63. The number of ether oxygens (including phenoxy) is 1. The van der Waals surface area contributed by atoms with Crippen molar-refractivity contribution in [3.8, 4) is 0 Å². The lowest BCUT2D eigenvalue weighted by atomic mass is 10.2. The summed E-state index contributed by atoms with van der Waals surface area (Å²) in [4.78, 5) is 15.6. The van der Waals surface area contributed by atoms with Crippen LogP contribution < -0.4 is 10.6 Å². The molecule has 0 fully saturated rings. The largest absolute Gasteiger partial charge is 0.465 e. The van der Waals surface area contributed by atoms with Gasteiger partial charge in [-0.05, 0) is 30.7 Å². The van der Waals surface area contributed by atoms with Crippen LogP contribution >= 0.6 is 0 Å². The van der Waals surface area contributed by atoms with Gasteiger partial charge in [-0.1, -0.05) is 6.92 Å². The van der Waals surface area contributed by atoms with E-state index < -0.39 is 0 Å². The van der Waals surface area contributed by atoms with Crippen molar-refractivity contribution in [3.05, 3.63) is 36.0 Å². The molecule has 1 aromatic heterocycles. The monoisotopic (exact) mass is 287 g/mol. The highest BCUT2D eigenvalue weighted by molar-refractivity contribution is 5.89. The van der Waals surface area contributed by atoms with Gasteiger partial charge < -0.3 is 15.4 Å². The Balaban J connectivity index is 2.05. The Hall–Kier alpha value is -2.70. The Morgan fingerprint density at radius 3 is 2.71 bits per heavy atom. The molecule has 110 valence electrons. The molecule has 0 atom stereocenters. The first-order valence-electron chi connectivity index (χ1n) is 6.62. The zero-order chi connectivity index (χ0) is 15.1. The first-order valence-corrected chi connectivity index (χ1v) is 6.62. The van der Waals surface area contributed by atoms with Crippen LogP contribution in [0.15, 0.2) is 30.5 Å². The number of methoxy groups -OCH3 is 1. The van der Waals surface area contributed by atoms with E-state index in [2.05, 4.69) is 37.5 Å². The molecule has 7 heteroatoms. The first-order chi connectivity index (χ1) is 10.2. The quantitative estimate of drug-likeness (QED) is 0.787.